The lowest BCUT2D eigenvalue weighted by atomic mass is 9.95. The fourth-order valence-corrected chi connectivity index (χ4v) is 4.33. The summed E-state index contributed by atoms with van der Waals surface area (Å²) in [4.78, 5) is 25.4. The Morgan fingerprint density at radius 1 is 1.30 bits per heavy atom. The second-order valence-corrected chi connectivity index (χ2v) is 7.48. The van der Waals surface area contributed by atoms with Gasteiger partial charge in [0.1, 0.15) is 5.82 Å². The van der Waals surface area contributed by atoms with Gasteiger partial charge in [0.15, 0.2) is 5.16 Å². The van der Waals surface area contributed by atoms with Crippen LogP contribution in [0.5, 0.6) is 0 Å². The number of thioether (sulfide) groups is 1. The molecule has 0 bridgehead atoms. The number of carbonyl (C=O) groups is 2. The summed E-state index contributed by atoms with van der Waals surface area (Å²) in [7, 11) is 0. The molecule has 7 nitrogen and oxygen atoms in total. The first kappa shape index (κ1) is 16.3. The third-order valence-electron chi connectivity index (χ3n) is 4.53. The van der Waals surface area contributed by atoms with E-state index < -0.39 is 0 Å². The summed E-state index contributed by atoms with van der Waals surface area (Å²) < 4.78 is 2.18. The minimum atomic E-state index is -0.357. The van der Waals surface area contributed by atoms with Crippen LogP contribution in [0.1, 0.15) is 50.9 Å². The average molecular weight is 337 g/mol. The average Bonchev–Trinajstić information content (AvgIpc) is 3.13. The molecular formula is C15H23N5O2S. The number of urea groups is 1. The van der Waals surface area contributed by atoms with Crippen molar-refractivity contribution in [1.29, 1.82) is 0 Å². The zero-order valence-corrected chi connectivity index (χ0v) is 14.4. The van der Waals surface area contributed by atoms with E-state index in [0.29, 0.717) is 19.1 Å². The Kier molecular flexibility index (Phi) is 4.89. The van der Waals surface area contributed by atoms with Crippen molar-refractivity contribution in [2.24, 2.45) is 0 Å². The third kappa shape index (κ3) is 3.36. The summed E-state index contributed by atoms with van der Waals surface area (Å²) in [5.41, 5.74) is 0. The fourth-order valence-electron chi connectivity index (χ4n) is 3.30. The highest BCUT2D eigenvalue weighted by molar-refractivity contribution is 8.00. The molecular weight excluding hydrogens is 314 g/mol. The van der Waals surface area contributed by atoms with E-state index in [-0.39, 0.29) is 17.2 Å². The molecule has 1 saturated carbocycles. The number of aryl methyl sites for hydroxylation is 1. The fraction of sp³-hybridized carbons (Fsp3) is 0.733. The summed E-state index contributed by atoms with van der Waals surface area (Å²) in [5.74, 6) is 0.735. The van der Waals surface area contributed by atoms with E-state index in [2.05, 4.69) is 20.1 Å². The van der Waals surface area contributed by atoms with Crippen LogP contribution < -0.4 is 5.32 Å². The highest BCUT2D eigenvalue weighted by Gasteiger charge is 2.31. The summed E-state index contributed by atoms with van der Waals surface area (Å²) in [6, 6.07) is 0.131. The highest BCUT2D eigenvalue weighted by Crippen LogP contribution is 2.33. The number of hydrogen-bond acceptors (Lipinski definition) is 5. The maximum Gasteiger partial charge on any atom is 0.324 e. The highest BCUT2D eigenvalue weighted by atomic mass is 32.2. The first-order valence-electron chi connectivity index (χ1n) is 8.25. The Hall–Kier alpha value is -1.57. The second-order valence-electron chi connectivity index (χ2n) is 6.17. The summed E-state index contributed by atoms with van der Waals surface area (Å²) in [5, 5.41) is 11.6. The third-order valence-corrected chi connectivity index (χ3v) is 5.57. The van der Waals surface area contributed by atoms with E-state index in [1.807, 2.05) is 13.8 Å². The Morgan fingerprint density at radius 2 is 2.04 bits per heavy atom. The molecule has 1 aromatic heterocycles. The number of nitrogens with one attached hydrogen (secondary N) is 1. The van der Waals surface area contributed by atoms with Crippen LogP contribution in [0.15, 0.2) is 5.16 Å². The Bertz CT molecular complexity index is 597. The van der Waals surface area contributed by atoms with Crippen LogP contribution in [0, 0.1) is 6.92 Å². The summed E-state index contributed by atoms with van der Waals surface area (Å²) >= 11 is 1.40. The van der Waals surface area contributed by atoms with Gasteiger partial charge in [-0.2, -0.15) is 0 Å². The molecule has 1 atom stereocenters. The van der Waals surface area contributed by atoms with Gasteiger partial charge in [-0.1, -0.05) is 31.0 Å². The number of hydrogen-bond donors (Lipinski definition) is 1. The van der Waals surface area contributed by atoms with E-state index in [1.165, 1.54) is 35.9 Å². The maximum absolute atomic E-state index is 12.4. The second kappa shape index (κ2) is 6.90. The first-order chi connectivity index (χ1) is 11.1. The predicted molar refractivity (Wildman–Crippen MR) is 87.3 cm³/mol. The Balaban J connectivity index is 1.72. The van der Waals surface area contributed by atoms with Gasteiger partial charge in [-0.05, 0) is 26.7 Å². The largest absolute Gasteiger partial charge is 0.336 e. The van der Waals surface area contributed by atoms with E-state index >= 15 is 0 Å². The lowest BCUT2D eigenvalue weighted by molar-refractivity contribution is -0.126. The molecule has 1 aliphatic carbocycles. The van der Waals surface area contributed by atoms with Crippen molar-refractivity contribution in [3.05, 3.63) is 5.82 Å². The van der Waals surface area contributed by atoms with Gasteiger partial charge in [0.05, 0.1) is 5.25 Å². The summed E-state index contributed by atoms with van der Waals surface area (Å²) in [6.45, 7) is 4.76. The van der Waals surface area contributed by atoms with Crippen molar-refractivity contribution in [2.45, 2.75) is 62.4 Å². The predicted octanol–water partition coefficient (Wildman–Crippen LogP) is 2.12. The molecule has 3 rings (SSSR count). The van der Waals surface area contributed by atoms with Crippen molar-refractivity contribution in [1.82, 2.24) is 25.0 Å². The Labute approximate surface area is 140 Å². The monoisotopic (exact) mass is 337 g/mol. The van der Waals surface area contributed by atoms with E-state index in [9.17, 15) is 9.59 Å². The molecule has 2 heterocycles. The quantitative estimate of drug-likeness (QED) is 0.851. The minimum Gasteiger partial charge on any atom is -0.336 e. The van der Waals surface area contributed by atoms with Crippen LogP contribution in [-0.2, 0) is 4.79 Å². The van der Waals surface area contributed by atoms with Crippen molar-refractivity contribution in [2.75, 3.05) is 13.1 Å². The lowest BCUT2D eigenvalue weighted by Crippen LogP contribution is -2.39. The van der Waals surface area contributed by atoms with E-state index in [4.69, 9.17) is 0 Å². The molecule has 1 saturated heterocycles. The molecule has 2 aliphatic rings. The standard InChI is InChI=1S/C15H23N5O2S/c1-10(13(21)19-9-8-16-14(19)22)23-15-18-17-11(2)20(15)12-6-4-3-5-7-12/h10,12H,3-9H2,1-2H3,(H,16,22). The lowest BCUT2D eigenvalue weighted by Gasteiger charge is -2.25. The van der Waals surface area contributed by atoms with Gasteiger partial charge in [-0.25, -0.2) is 4.79 Å². The zero-order valence-electron chi connectivity index (χ0n) is 13.6. The van der Waals surface area contributed by atoms with Gasteiger partial charge < -0.3 is 9.88 Å². The molecule has 0 spiro atoms. The first-order valence-corrected chi connectivity index (χ1v) is 9.13. The SMILES string of the molecule is Cc1nnc(SC(C)C(=O)N2CCNC2=O)n1C1CCCCC1. The van der Waals surface area contributed by atoms with Crippen molar-refractivity contribution >= 4 is 23.7 Å². The van der Waals surface area contributed by atoms with E-state index in [0.717, 1.165) is 23.8 Å². The van der Waals surface area contributed by atoms with Crippen LogP contribution in [-0.4, -0.2) is 49.9 Å². The number of aromatic nitrogens is 3. The molecule has 8 heteroatoms. The van der Waals surface area contributed by atoms with Crippen LogP contribution in [0.4, 0.5) is 4.79 Å². The molecule has 0 aromatic carbocycles. The van der Waals surface area contributed by atoms with Gasteiger partial charge in [-0.3, -0.25) is 9.69 Å². The number of imide groups is 1. The van der Waals surface area contributed by atoms with Gasteiger partial charge >= 0.3 is 6.03 Å². The number of amides is 3. The molecule has 23 heavy (non-hydrogen) atoms. The van der Waals surface area contributed by atoms with Crippen LogP contribution in [0.2, 0.25) is 0 Å². The van der Waals surface area contributed by atoms with Crippen LogP contribution >= 0.6 is 11.8 Å². The van der Waals surface area contributed by atoms with Crippen LogP contribution in [0.25, 0.3) is 0 Å². The molecule has 126 valence electrons. The molecule has 1 aliphatic heterocycles. The van der Waals surface area contributed by atoms with Gasteiger partial charge in [0.2, 0.25) is 5.91 Å². The molecule has 1 unspecified atom stereocenters. The smallest absolute Gasteiger partial charge is 0.324 e. The molecule has 2 fully saturated rings. The van der Waals surface area contributed by atoms with Gasteiger partial charge in [0.25, 0.3) is 0 Å². The number of carbonyl (C=O) groups excluding carboxylic acids is 2. The van der Waals surface area contributed by atoms with Gasteiger partial charge in [0, 0.05) is 19.1 Å². The van der Waals surface area contributed by atoms with E-state index in [1.54, 1.807) is 0 Å². The van der Waals surface area contributed by atoms with Crippen molar-refractivity contribution in [3.63, 3.8) is 0 Å². The molecule has 3 amide bonds. The number of nitrogens with zero attached hydrogens (tertiary/aromatic N) is 4. The number of rotatable bonds is 4. The maximum atomic E-state index is 12.4. The normalized spacial score (nSPS) is 20.6. The zero-order chi connectivity index (χ0) is 16.4. The van der Waals surface area contributed by atoms with Crippen molar-refractivity contribution < 1.29 is 9.59 Å². The molecule has 0 radical (unpaired) electrons. The Morgan fingerprint density at radius 3 is 2.70 bits per heavy atom. The topological polar surface area (TPSA) is 80.1 Å². The minimum absolute atomic E-state index is 0.166. The van der Waals surface area contributed by atoms with Crippen LogP contribution in [0.3, 0.4) is 0 Å². The van der Waals surface area contributed by atoms with Crippen molar-refractivity contribution in [3.8, 4) is 0 Å². The molecule has 1 N–H and O–H groups in total. The van der Waals surface area contributed by atoms with Gasteiger partial charge in [-0.15, -0.1) is 10.2 Å². The molecule has 1 aromatic rings. The summed E-state index contributed by atoms with van der Waals surface area (Å²) in [6.07, 6.45) is 6.04.